The Balaban J connectivity index is 2.01. The Kier molecular flexibility index (Phi) is 8.73. The Bertz CT molecular complexity index is 800. The SMILES string of the molecule is CCC1(CO)OB([C@@H](CC(=O)CNC(=O)c2cc(Cl)ccc2Cl)CC(C)C)OC1=O. The summed E-state index contributed by atoms with van der Waals surface area (Å²) in [5.74, 6) is -1.55. The Morgan fingerprint density at radius 2 is 2.00 bits per heavy atom. The van der Waals surface area contributed by atoms with Crippen molar-refractivity contribution in [3.63, 3.8) is 0 Å². The molecule has 0 bridgehead atoms. The van der Waals surface area contributed by atoms with Crippen molar-refractivity contribution < 1.29 is 28.8 Å². The maximum atomic E-state index is 12.5. The van der Waals surface area contributed by atoms with Crippen LogP contribution < -0.4 is 5.32 Å². The van der Waals surface area contributed by atoms with Crippen LogP contribution >= 0.6 is 23.2 Å². The van der Waals surface area contributed by atoms with E-state index >= 15 is 0 Å². The smallest absolute Gasteiger partial charge is 0.507 e. The highest BCUT2D eigenvalue weighted by Gasteiger charge is 2.54. The van der Waals surface area contributed by atoms with Gasteiger partial charge in [-0.1, -0.05) is 44.0 Å². The lowest BCUT2D eigenvalue weighted by Crippen LogP contribution is -2.40. The summed E-state index contributed by atoms with van der Waals surface area (Å²) in [7, 11) is -0.922. The molecular weight excluding hydrogens is 432 g/mol. The minimum absolute atomic E-state index is 0.0465. The topological polar surface area (TPSA) is 102 Å². The van der Waals surface area contributed by atoms with Gasteiger partial charge < -0.3 is 19.7 Å². The monoisotopic (exact) mass is 457 g/mol. The minimum Gasteiger partial charge on any atom is -0.507 e. The summed E-state index contributed by atoms with van der Waals surface area (Å²) in [6, 6.07) is 4.50. The van der Waals surface area contributed by atoms with Crippen molar-refractivity contribution in [2.24, 2.45) is 5.92 Å². The zero-order valence-corrected chi connectivity index (χ0v) is 18.8. The molecule has 1 amide bonds. The summed E-state index contributed by atoms with van der Waals surface area (Å²) in [6.45, 7) is 4.99. The Hall–Kier alpha value is -1.61. The molecule has 10 heteroatoms. The van der Waals surface area contributed by atoms with Crippen molar-refractivity contribution in [2.45, 2.75) is 51.5 Å². The first-order valence-electron chi connectivity index (χ1n) is 9.86. The maximum absolute atomic E-state index is 12.5. The van der Waals surface area contributed by atoms with Gasteiger partial charge in [0.05, 0.1) is 23.7 Å². The van der Waals surface area contributed by atoms with Crippen LogP contribution in [0.15, 0.2) is 18.2 Å². The van der Waals surface area contributed by atoms with E-state index in [-0.39, 0.29) is 41.7 Å². The normalized spacial score (nSPS) is 19.7. The van der Waals surface area contributed by atoms with E-state index < -0.39 is 37.0 Å². The standard InChI is InChI=1S/C20H26BCl2NO6/c1-4-20(11-25)19(28)29-21(30-20)13(7-12(2)3)8-15(26)10-24-18(27)16-9-14(22)5-6-17(16)23/h5-6,9,12-13,25H,4,7-8,10-11H2,1-3H3,(H,24,27)/t13-,20?/m1/s1. The predicted molar refractivity (Wildman–Crippen MR) is 115 cm³/mol. The highest BCUT2D eigenvalue weighted by atomic mass is 35.5. The van der Waals surface area contributed by atoms with E-state index in [0.717, 1.165) is 0 Å². The minimum atomic E-state index is -1.39. The number of amides is 1. The van der Waals surface area contributed by atoms with E-state index in [0.29, 0.717) is 11.4 Å². The van der Waals surface area contributed by atoms with Gasteiger partial charge in [0, 0.05) is 17.3 Å². The van der Waals surface area contributed by atoms with E-state index in [1.165, 1.54) is 12.1 Å². The summed E-state index contributed by atoms with van der Waals surface area (Å²) in [6.07, 6.45) is 0.880. The molecule has 2 rings (SSSR count). The van der Waals surface area contributed by atoms with Crippen LogP contribution in [0.2, 0.25) is 15.9 Å². The van der Waals surface area contributed by atoms with Crippen molar-refractivity contribution >= 4 is 48.0 Å². The first-order chi connectivity index (χ1) is 14.1. The fourth-order valence-electron chi connectivity index (χ4n) is 3.35. The summed E-state index contributed by atoms with van der Waals surface area (Å²) in [5.41, 5.74) is -1.21. The summed E-state index contributed by atoms with van der Waals surface area (Å²) >= 11 is 11.9. The fourth-order valence-corrected chi connectivity index (χ4v) is 3.72. The number of aliphatic hydroxyl groups excluding tert-OH is 1. The van der Waals surface area contributed by atoms with Crippen LogP contribution in [0.25, 0.3) is 0 Å². The van der Waals surface area contributed by atoms with Crippen LogP contribution in [0.4, 0.5) is 0 Å². The second kappa shape index (κ2) is 10.6. The largest absolute Gasteiger partial charge is 0.531 e. The predicted octanol–water partition coefficient (Wildman–Crippen LogP) is 3.30. The zero-order valence-electron chi connectivity index (χ0n) is 17.2. The zero-order chi connectivity index (χ0) is 22.5. The van der Waals surface area contributed by atoms with E-state index in [9.17, 15) is 19.5 Å². The average Bonchev–Trinajstić information content (AvgIpc) is 3.04. The first kappa shape index (κ1) is 24.7. The lowest BCUT2D eigenvalue weighted by atomic mass is 9.65. The van der Waals surface area contributed by atoms with Crippen molar-refractivity contribution in [1.29, 1.82) is 0 Å². The number of hydrogen-bond donors (Lipinski definition) is 2. The van der Waals surface area contributed by atoms with Gasteiger partial charge in [-0.25, -0.2) is 0 Å². The molecule has 1 unspecified atom stereocenters. The number of nitrogens with one attached hydrogen (secondary N) is 1. The third kappa shape index (κ3) is 5.97. The van der Waals surface area contributed by atoms with Crippen LogP contribution in [0, 0.1) is 5.92 Å². The number of hydrogen-bond acceptors (Lipinski definition) is 6. The van der Waals surface area contributed by atoms with E-state index in [1.54, 1.807) is 13.0 Å². The van der Waals surface area contributed by atoms with Gasteiger partial charge in [-0.05, 0) is 37.0 Å². The highest BCUT2D eigenvalue weighted by molar-refractivity contribution is 6.51. The molecule has 164 valence electrons. The molecule has 1 aromatic rings. The van der Waals surface area contributed by atoms with Gasteiger partial charge in [0.1, 0.15) is 0 Å². The lowest BCUT2D eigenvalue weighted by molar-refractivity contribution is -0.146. The number of halogens is 2. The molecule has 0 aliphatic carbocycles. The molecule has 30 heavy (non-hydrogen) atoms. The average molecular weight is 458 g/mol. The Labute approximate surface area is 186 Å². The number of carbonyl (C=O) groups is 3. The molecule has 2 N–H and O–H groups in total. The number of Topliss-reactive ketones (excluding diaryl/α,β-unsaturated/α-hetero) is 1. The van der Waals surface area contributed by atoms with Crippen molar-refractivity contribution in [1.82, 2.24) is 5.32 Å². The molecule has 1 saturated heterocycles. The number of rotatable bonds is 10. The molecule has 2 atom stereocenters. The van der Waals surface area contributed by atoms with Gasteiger partial charge in [0.2, 0.25) is 0 Å². The molecule has 1 fully saturated rings. The Morgan fingerprint density at radius 1 is 1.30 bits per heavy atom. The van der Waals surface area contributed by atoms with Crippen LogP contribution in [0.1, 0.15) is 50.4 Å². The van der Waals surface area contributed by atoms with Gasteiger partial charge >= 0.3 is 13.1 Å². The Morgan fingerprint density at radius 3 is 2.57 bits per heavy atom. The van der Waals surface area contributed by atoms with Gasteiger partial charge in [-0.3, -0.25) is 14.4 Å². The van der Waals surface area contributed by atoms with Crippen LogP contribution in [0.5, 0.6) is 0 Å². The van der Waals surface area contributed by atoms with Gasteiger partial charge in [-0.2, -0.15) is 0 Å². The van der Waals surface area contributed by atoms with Crippen LogP contribution in [0.3, 0.4) is 0 Å². The maximum Gasteiger partial charge on any atom is 0.531 e. The quantitative estimate of drug-likeness (QED) is 0.522. The molecular formula is C20H26BCl2NO6. The number of aliphatic hydroxyl groups is 1. The van der Waals surface area contributed by atoms with E-state index in [1.807, 2.05) is 13.8 Å². The molecule has 0 aromatic heterocycles. The molecule has 0 saturated carbocycles. The molecule has 0 radical (unpaired) electrons. The van der Waals surface area contributed by atoms with Crippen LogP contribution in [-0.2, 0) is 18.9 Å². The second-order valence-corrected chi connectivity index (χ2v) is 8.68. The van der Waals surface area contributed by atoms with Gasteiger partial charge in [0.25, 0.3) is 5.91 Å². The first-order valence-corrected chi connectivity index (χ1v) is 10.6. The number of ketones is 1. The van der Waals surface area contributed by atoms with Crippen molar-refractivity contribution in [2.75, 3.05) is 13.2 Å². The summed E-state index contributed by atoms with van der Waals surface area (Å²) in [5, 5.41) is 12.7. The van der Waals surface area contributed by atoms with Crippen LogP contribution in [-0.4, -0.2) is 48.6 Å². The molecule has 1 aromatic carbocycles. The number of carbonyl (C=O) groups excluding carboxylic acids is 3. The van der Waals surface area contributed by atoms with Gasteiger partial charge in [-0.15, -0.1) is 0 Å². The number of benzene rings is 1. The van der Waals surface area contributed by atoms with Crippen molar-refractivity contribution in [3.8, 4) is 0 Å². The molecule has 1 heterocycles. The van der Waals surface area contributed by atoms with Crippen molar-refractivity contribution in [3.05, 3.63) is 33.8 Å². The summed E-state index contributed by atoms with van der Waals surface area (Å²) in [4.78, 5) is 37.1. The highest BCUT2D eigenvalue weighted by Crippen LogP contribution is 2.35. The van der Waals surface area contributed by atoms with E-state index in [4.69, 9.17) is 32.5 Å². The summed E-state index contributed by atoms with van der Waals surface area (Å²) < 4.78 is 11.1. The van der Waals surface area contributed by atoms with E-state index in [2.05, 4.69) is 5.32 Å². The molecule has 0 spiro atoms. The molecule has 1 aliphatic heterocycles. The second-order valence-electron chi connectivity index (χ2n) is 7.84. The third-order valence-electron chi connectivity index (χ3n) is 5.03. The van der Waals surface area contributed by atoms with Gasteiger partial charge in [0.15, 0.2) is 11.4 Å². The fraction of sp³-hybridized carbons (Fsp3) is 0.550. The molecule has 1 aliphatic rings. The lowest BCUT2D eigenvalue weighted by Gasteiger charge is -2.23. The third-order valence-corrected chi connectivity index (χ3v) is 5.60. The molecule has 7 nitrogen and oxygen atoms in total.